The third kappa shape index (κ3) is 9.83. The Bertz CT molecular complexity index is 1680. The van der Waals surface area contributed by atoms with Gasteiger partial charge in [0.15, 0.2) is 23.3 Å². The summed E-state index contributed by atoms with van der Waals surface area (Å²) >= 11 is 3.28. The summed E-state index contributed by atoms with van der Waals surface area (Å²) in [6, 6.07) is 7.60. The number of carbonyl (C=O) groups excluding carboxylic acids is 2. The molecule has 4 aromatic rings. The van der Waals surface area contributed by atoms with E-state index in [1.807, 2.05) is 48.5 Å². The van der Waals surface area contributed by atoms with Crippen LogP contribution in [0.2, 0.25) is 0 Å². The van der Waals surface area contributed by atoms with Crippen LogP contribution in [0, 0.1) is 40.6 Å². The topological polar surface area (TPSA) is 59.9 Å². The quantitative estimate of drug-likeness (QED) is 0.119. The smallest absolute Gasteiger partial charge is 0.228 e. The summed E-state index contributed by atoms with van der Waals surface area (Å²) in [6.07, 6.45) is 3.30. The lowest BCUT2D eigenvalue weighted by Gasteiger charge is -2.25. The number of aromatic nitrogens is 2. The zero-order chi connectivity index (χ0) is 34.2. The molecule has 0 N–H and O–H groups in total. The van der Waals surface area contributed by atoms with Gasteiger partial charge in [-0.15, -0.1) is 0 Å². The van der Waals surface area contributed by atoms with Crippen molar-refractivity contribution in [2.45, 2.75) is 66.7 Å². The molecular formula is C34H33BrF6N2O2. The van der Waals surface area contributed by atoms with Gasteiger partial charge in [-0.1, -0.05) is 48.5 Å². The second kappa shape index (κ2) is 16.0. The van der Waals surface area contributed by atoms with Gasteiger partial charge in [-0.05, 0) is 91.7 Å². The van der Waals surface area contributed by atoms with Gasteiger partial charge in [-0.2, -0.15) is 18.4 Å². The van der Waals surface area contributed by atoms with Gasteiger partial charge in [0, 0.05) is 40.1 Å². The van der Waals surface area contributed by atoms with Crippen LogP contribution in [0.15, 0.2) is 53.3 Å². The summed E-state index contributed by atoms with van der Waals surface area (Å²) in [7, 11) is 0. The second-order valence-corrected chi connectivity index (χ2v) is 12.7. The highest BCUT2D eigenvalue weighted by Crippen LogP contribution is 2.39. The van der Waals surface area contributed by atoms with Gasteiger partial charge in [-0.3, -0.25) is 0 Å². The maximum Gasteiger partial charge on any atom is 0.373 e. The highest BCUT2D eigenvalue weighted by atomic mass is 79.9. The minimum Gasteiger partial charge on any atom is -0.228 e. The maximum atomic E-state index is 14.6. The van der Waals surface area contributed by atoms with E-state index in [1.54, 1.807) is 0 Å². The predicted octanol–water partition coefficient (Wildman–Crippen LogP) is 10.3. The van der Waals surface area contributed by atoms with Crippen molar-refractivity contribution in [2.24, 2.45) is 5.41 Å². The summed E-state index contributed by atoms with van der Waals surface area (Å²) in [4.78, 5) is 23.2. The van der Waals surface area contributed by atoms with E-state index >= 15 is 0 Å². The molecule has 0 unspecified atom stereocenters. The highest BCUT2D eigenvalue weighted by molar-refractivity contribution is 9.10. The number of benzene rings is 2. The van der Waals surface area contributed by atoms with Crippen molar-refractivity contribution in [3.63, 3.8) is 0 Å². The fraction of sp³-hybridized carbons (Fsp3) is 0.324. The molecule has 0 saturated carbocycles. The molecular weight excluding hydrogens is 662 g/mol. The molecule has 240 valence electrons. The summed E-state index contributed by atoms with van der Waals surface area (Å²) in [5.74, 6) is -5.18. The zero-order valence-corrected chi connectivity index (χ0v) is 27.4. The minimum absolute atomic E-state index is 0.00918. The highest BCUT2D eigenvalue weighted by Gasteiger charge is 2.25. The molecule has 0 bridgehead atoms. The number of pyridine rings is 2. The number of hydrogen-bond acceptors (Lipinski definition) is 4. The Morgan fingerprint density at radius 3 is 1.51 bits per heavy atom. The van der Waals surface area contributed by atoms with Crippen LogP contribution >= 0.6 is 15.9 Å². The van der Waals surface area contributed by atoms with Gasteiger partial charge in [-0.25, -0.2) is 27.5 Å². The van der Waals surface area contributed by atoms with E-state index < -0.39 is 35.2 Å². The van der Waals surface area contributed by atoms with Crippen LogP contribution in [0.5, 0.6) is 0 Å². The van der Waals surface area contributed by atoms with E-state index in [1.165, 1.54) is 30.6 Å². The summed E-state index contributed by atoms with van der Waals surface area (Å²) in [5.41, 5.74) is 2.73. The second-order valence-electron chi connectivity index (χ2n) is 11.9. The zero-order valence-electron chi connectivity index (χ0n) is 25.8. The normalized spacial score (nSPS) is 11.0. The SMILES string of the molecule is CC(C)c1cc(F)c(F)c(-c2ccnc(F)c2)c1Br.CC(C)c1cc(F)c(F)c(-c2ccnc(F)c2)c1CC(C)(C)C.O=C=O. The molecule has 2 aromatic carbocycles. The maximum absolute atomic E-state index is 14.6. The Labute approximate surface area is 267 Å². The lowest BCUT2D eigenvalue weighted by atomic mass is 9.80. The molecule has 2 heterocycles. The lowest BCUT2D eigenvalue weighted by Crippen LogP contribution is -2.14. The van der Waals surface area contributed by atoms with E-state index in [0.29, 0.717) is 22.0 Å². The Balaban J connectivity index is 0.000000293. The molecule has 0 saturated heterocycles. The largest absolute Gasteiger partial charge is 0.373 e. The molecule has 2 aromatic heterocycles. The van der Waals surface area contributed by atoms with E-state index in [0.717, 1.165) is 29.3 Å². The van der Waals surface area contributed by atoms with Gasteiger partial charge in [0.1, 0.15) is 0 Å². The lowest BCUT2D eigenvalue weighted by molar-refractivity contribution is -0.191. The third-order valence-electron chi connectivity index (χ3n) is 6.53. The standard InChI is InChI=1S/C19H22F3N.C14H11BrF3N.CO2/c1-11(2)13-9-15(20)18(22)17(14(13)10-19(3,4)5)12-6-7-23-16(21)8-12;1-7(2)9-6-10(16)14(18)12(13(9)15)8-3-4-19-11(17)5-8;2-1-3/h6-9,11H,10H2,1-5H3;3-7H,1-2H3;. The van der Waals surface area contributed by atoms with Gasteiger partial charge in [0.05, 0.1) is 0 Å². The van der Waals surface area contributed by atoms with Crippen molar-refractivity contribution in [3.05, 3.63) is 105 Å². The molecule has 0 aliphatic rings. The van der Waals surface area contributed by atoms with Crippen LogP contribution in [0.3, 0.4) is 0 Å². The Kier molecular flexibility index (Phi) is 13.2. The van der Waals surface area contributed by atoms with Crippen molar-refractivity contribution in [3.8, 4) is 22.3 Å². The Morgan fingerprint density at radius 2 is 1.11 bits per heavy atom. The Hall–Kier alpha value is -3.82. The molecule has 0 atom stereocenters. The first-order valence-corrected chi connectivity index (χ1v) is 14.6. The molecule has 0 aliphatic carbocycles. The van der Waals surface area contributed by atoms with Gasteiger partial charge < -0.3 is 0 Å². The average Bonchev–Trinajstić information content (AvgIpc) is 2.92. The van der Waals surface area contributed by atoms with Crippen LogP contribution in [0.25, 0.3) is 22.3 Å². The minimum atomic E-state index is -0.998. The number of halogens is 7. The fourth-order valence-electron chi connectivity index (χ4n) is 4.63. The number of hydrogen-bond donors (Lipinski definition) is 0. The van der Waals surface area contributed by atoms with Crippen LogP contribution in [0.1, 0.15) is 77.0 Å². The molecule has 4 rings (SSSR count). The molecule has 11 heteroatoms. The van der Waals surface area contributed by atoms with Crippen LogP contribution < -0.4 is 0 Å². The Morgan fingerprint density at radius 1 is 0.711 bits per heavy atom. The molecule has 0 spiro atoms. The molecule has 45 heavy (non-hydrogen) atoms. The summed E-state index contributed by atoms with van der Waals surface area (Å²) < 4.78 is 83.4. The summed E-state index contributed by atoms with van der Waals surface area (Å²) in [6.45, 7) is 13.7. The number of rotatable bonds is 5. The van der Waals surface area contributed by atoms with Gasteiger partial charge >= 0.3 is 6.15 Å². The van der Waals surface area contributed by atoms with Crippen molar-refractivity contribution >= 4 is 22.1 Å². The number of nitrogens with zero attached hydrogens (tertiary/aromatic N) is 2. The first-order chi connectivity index (χ1) is 20.9. The average molecular weight is 696 g/mol. The predicted molar refractivity (Wildman–Crippen MR) is 163 cm³/mol. The van der Waals surface area contributed by atoms with E-state index in [2.05, 4.69) is 25.9 Å². The fourth-order valence-corrected chi connectivity index (χ4v) is 5.61. The van der Waals surface area contributed by atoms with Crippen LogP contribution in [0.4, 0.5) is 26.3 Å². The van der Waals surface area contributed by atoms with E-state index in [9.17, 15) is 26.3 Å². The van der Waals surface area contributed by atoms with E-state index in [-0.39, 0.29) is 40.1 Å². The molecule has 0 radical (unpaired) electrons. The van der Waals surface area contributed by atoms with Crippen molar-refractivity contribution < 1.29 is 35.9 Å². The van der Waals surface area contributed by atoms with E-state index in [4.69, 9.17) is 9.59 Å². The molecule has 0 fully saturated rings. The molecule has 4 nitrogen and oxygen atoms in total. The first kappa shape index (κ1) is 37.4. The first-order valence-electron chi connectivity index (χ1n) is 13.8. The van der Waals surface area contributed by atoms with Crippen molar-refractivity contribution in [1.29, 1.82) is 0 Å². The van der Waals surface area contributed by atoms with Crippen molar-refractivity contribution in [2.75, 3.05) is 0 Å². The molecule has 0 amide bonds. The van der Waals surface area contributed by atoms with Crippen LogP contribution in [-0.2, 0) is 16.0 Å². The summed E-state index contributed by atoms with van der Waals surface area (Å²) in [5, 5.41) is 0. The van der Waals surface area contributed by atoms with Gasteiger partial charge in [0.25, 0.3) is 0 Å². The monoisotopic (exact) mass is 694 g/mol. The van der Waals surface area contributed by atoms with Crippen molar-refractivity contribution in [1.82, 2.24) is 9.97 Å². The molecule has 0 aliphatic heterocycles. The third-order valence-corrected chi connectivity index (χ3v) is 7.38. The van der Waals surface area contributed by atoms with Crippen LogP contribution in [-0.4, -0.2) is 16.1 Å². The van der Waals surface area contributed by atoms with Gasteiger partial charge in [0.2, 0.25) is 11.9 Å².